The van der Waals surface area contributed by atoms with Crippen molar-refractivity contribution in [3.63, 3.8) is 0 Å². The van der Waals surface area contributed by atoms with Crippen molar-refractivity contribution in [1.29, 1.82) is 0 Å². The number of carbonyl (C=O) groups excluding carboxylic acids is 1. The number of hydrogen-bond acceptors (Lipinski definition) is 6. The maximum Gasteiger partial charge on any atom is 0.218 e. The highest BCUT2D eigenvalue weighted by Crippen LogP contribution is 2.48. The Morgan fingerprint density at radius 1 is 1.33 bits per heavy atom. The summed E-state index contributed by atoms with van der Waals surface area (Å²) in [6, 6.07) is 2.37. The Bertz CT molecular complexity index is 928. The van der Waals surface area contributed by atoms with Crippen LogP contribution in [0, 0.1) is 0 Å². The van der Waals surface area contributed by atoms with E-state index in [1.165, 1.54) is 10.4 Å². The quantitative estimate of drug-likeness (QED) is 0.781. The maximum atomic E-state index is 13.6. The Balaban J connectivity index is 1.30. The third-order valence-corrected chi connectivity index (χ3v) is 7.93. The summed E-state index contributed by atoms with van der Waals surface area (Å²) in [7, 11) is 0. The van der Waals surface area contributed by atoms with Crippen LogP contribution >= 0.6 is 11.3 Å². The van der Waals surface area contributed by atoms with Crippen LogP contribution in [-0.4, -0.2) is 54.0 Å². The van der Waals surface area contributed by atoms with E-state index in [1.54, 1.807) is 11.3 Å². The highest BCUT2D eigenvalue weighted by atomic mass is 32.1. The largest absolute Gasteiger partial charge is 0.490 e. The number of pyridine rings is 1. The normalized spacial score (nSPS) is 29.8. The molecule has 0 radical (unpaired) electrons. The molecule has 0 unspecified atom stereocenters. The van der Waals surface area contributed by atoms with E-state index in [0.29, 0.717) is 25.6 Å². The van der Waals surface area contributed by atoms with Gasteiger partial charge in [-0.1, -0.05) is 0 Å². The van der Waals surface area contributed by atoms with Crippen LogP contribution in [0.2, 0.25) is 0 Å². The third kappa shape index (κ3) is 3.92. The lowest BCUT2D eigenvalue weighted by molar-refractivity contribution is -0.118. The van der Waals surface area contributed by atoms with Crippen molar-refractivity contribution in [2.45, 2.75) is 69.4 Å². The van der Waals surface area contributed by atoms with Crippen molar-refractivity contribution < 1.29 is 18.7 Å². The van der Waals surface area contributed by atoms with Gasteiger partial charge in [0.15, 0.2) is 0 Å². The molecule has 1 amide bonds. The van der Waals surface area contributed by atoms with Crippen molar-refractivity contribution in [2.24, 2.45) is 5.73 Å². The molecule has 2 fully saturated rings. The minimum absolute atomic E-state index is 0.153. The van der Waals surface area contributed by atoms with Crippen LogP contribution in [0.15, 0.2) is 12.3 Å². The van der Waals surface area contributed by atoms with Gasteiger partial charge in [0.25, 0.3) is 0 Å². The second-order valence-electron chi connectivity index (χ2n) is 8.66. The predicted molar refractivity (Wildman–Crippen MR) is 114 cm³/mol. The third-order valence-electron chi connectivity index (χ3n) is 6.75. The number of hydrogen-bond donors (Lipinski definition) is 1. The van der Waals surface area contributed by atoms with E-state index in [-0.39, 0.29) is 17.9 Å². The molecule has 1 saturated carbocycles. The molecule has 8 heteroatoms. The van der Waals surface area contributed by atoms with Gasteiger partial charge < -0.3 is 15.2 Å². The first-order valence-electron chi connectivity index (χ1n) is 10.9. The first-order chi connectivity index (χ1) is 14.6. The number of rotatable bonds is 5. The lowest BCUT2D eigenvalue weighted by atomic mass is 9.91. The fourth-order valence-electron chi connectivity index (χ4n) is 5.34. The smallest absolute Gasteiger partial charge is 0.218 e. The molecular formula is C22H28FN3O3S. The average molecular weight is 434 g/mol. The van der Waals surface area contributed by atoms with Crippen LogP contribution in [0.4, 0.5) is 4.39 Å². The Kier molecular flexibility index (Phi) is 5.64. The SMILES string of the molecule is NC(=O)C[C@H]1CCc2sc3nccc(OC4CCC(N5CCO[C@H](F)C5)CC4)c3c21. The summed E-state index contributed by atoms with van der Waals surface area (Å²) in [6.07, 6.45) is 7.07. The first-order valence-corrected chi connectivity index (χ1v) is 11.7. The molecule has 0 bridgehead atoms. The van der Waals surface area contributed by atoms with E-state index in [4.69, 9.17) is 15.2 Å². The van der Waals surface area contributed by atoms with Crippen LogP contribution < -0.4 is 10.5 Å². The number of nitrogens with zero attached hydrogens (tertiary/aromatic N) is 2. The fourth-order valence-corrected chi connectivity index (χ4v) is 6.60. The van der Waals surface area contributed by atoms with Gasteiger partial charge in [0, 0.05) is 30.1 Å². The van der Waals surface area contributed by atoms with Crippen LogP contribution in [0.25, 0.3) is 10.2 Å². The summed E-state index contributed by atoms with van der Waals surface area (Å²) < 4.78 is 25.1. The van der Waals surface area contributed by atoms with Crippen LogP contribution in [-0.2, 0) is 16.0 Å². The van der Waals surface area contributed by atoms with Gasteiger partial charge in [0.05, 0.1) is 24.6 Å². The molecule has 2 aromatic heterocycles. The molecule has 3 aliphatic rings. The van der Waals surface area contributed by atoms with Crippen molar-refractivity contribution in [3.8, 4) is 5.75 Å². The zero-order valence-electron chi connectivity index (χ0n) is 17.0. The second kappa shape index (κ2) is 8.40. The van der Waals surface area contributed by atoms with Crippen molar-refractivity contribution in [1.82, 2.24) is 9.88 Å². The Labute approximate surface area is 179 Å². The topological polar surface area (TPSA) is 77.7 Å². The number of halogens is 1. The van der Waals surface area contributed by atoms with E-state index in [1.807, 2.05) is 12.3 Å². The van der Waals surface area contributed by atoms with Crippen LogP contribution in [0.3, 0.4) is 0 Å². The molecule has 2 atom stereocenters. The van der Waals surface area contributed by atoms with Crippen molar-refractivity contribution >= 4 is 27.5 Å². The molecule has 30 heavy (non-hydrogen) atoms. The van der Waals surface area contributed by atoms with E-state index in [2.05, 4.69) is 9.88 Å². The zero-order chi connectivity index (χ0) is 20.7. The number of nitrogens with two attached hydrogens (primary N) is 1. The molecule has 5 rings (SSSR count). The number of alkyl halides is 1. The molecule has 162 valence electrons. The maximum absolute atomic E-state index is 13.6. The van der Waals surface area contributed by atoms with Crippen molar-refractivity contribution in [3.05, 3.63) is 22.7 Å². The van der Waals surface area contributed by atoms with Gasteiger partial charge in [0.1, 0.15) is 10.6 Å². The predicted octanol–water partition coefficient (Wildman–Crippen LogP) is 3.52. The number of morpholine rings is 1. The summed E-state index contributed by atoms with van der Waals surface area (Å²) in [5.74, 6) is 0.798. The van der Waals surface area contributed by atoms with E-state index in [0.717, 1.165) is 61.0 Å². The lowest BCUT2D eigenvalue weighted by Gasteiger charge is -2.39. The van der Waals surface area contributed by atoms with Gasteiger partial charge in [-0.2, -0.15) is 0 Å². The van der Waals surface area contributed by atoms with Crippen LogP contribution in [0.1, 0.15) is 54.9 Å². The molecule has 1 aliphatic heterocycles. The van der Waals surface area contributed by atoms with Gasteiger partial charge in [-0.3, -0.25) is 9.69 Å². The highest BCUT2D eigenvalue weighted by Gasteiger charge is 2.33. The highest BCUT2D eigenvalue weighted by molar-refractivity contribution is 7.19. The number of carbonyl (C=O) groups is 1. The Hall–Kier alpha value is -1.77. The number of fused-ring (bicyclic) bond motifs is 3. The molecule has 0 aromatic carbocycles. The minimum Gasteiger partial charge on any atom is -0.490 e. The van der Waals surface area contributed by atoms with E-state index in [9.17, 15) is 9.18 Å². The Morgan fingerprint density at radius 3 is 2.93 bits per heavy atom. The first kappa shape index (κ1) is 20.2. The molecule has 2 aromatic rings. The van der Waals surface area contributed by atoms with Crippen LogP contribution in [0.5, 0.6) is 5.75 Å². The van der Waals surface area contributed by atoms with E-state index < -0.39 is 6.36 Å². The molecule has 1 saturated heterocycles. The number of amides is 1. The molecule has 0 spiro atoms. The summed E-state index contributed by atoms with van der Waals surface area (Å²) in [5.41, 5.74) is 6.72. The van der Waals surface area contributed by atoms with Gasteiger partial charge in [-0.05, 0) is 56.1 Å². The van der Waals surface area contributed by atoms with Gasteiger partial charge in [-0.15, -0.1) is 11.3 Å². The average Bonchev–Trinajstić information content (AvgIpc) is 3.28. The summed E-state index contributed by atoms with van der Waals surface area (Å²) >= 11 is 1.72. The summed E-state index contributed by atoms with van der Waals surface area (Å²) in [4.78, 5) is 20.6. The number of aryl methyl sites for hydroxylation is 1. The minimum atomic E-state index is -1.16. The zero-order valence-corrected chi connectivity index (χ0v) is 17.8. The number of aromatic nitrogens is 1. The molecule has 2 aliphatic carbocycles. The Morgan fingerprint density at radius 2 is 2.17 bits per heavy atom. The molecular weight excluding hydrogens is 405 g/mol. The fraction of sp³-hybridized carbons (Fsp3) is 0.636. The van der Waals surface area contributed by atoms with E-state index >= 15 is 0 Å². The molecule has 3 heterocycles. The number of ether oxygens (including phenoxy) is 2. The summed E-state index contributed by atoms with van der Waals surface area (Å²) in [5, 5.41) is 1.08. The number of primary amides is 1. The van der Waals surface area contributed by atoms with Gasteiger partial charge >= 0.3 is 0 Å². The standard InChI is InChI=1S/C22H28FN3O3S/c23-18-12-26(9-10-28-18)14-2-4-15(5-3-14)29-16-7-8-25-22-21(16)20-13(11-19(24)27)1-6-17(20)30-22/h7-8,13-15,18H,1-6,9-12H2,(H2,24,27)/t13-,14?,15?,18+/m1/s1. The molecule has 6 nitrogen and oxygen atoms in total. The summed E-state index contributed by atoms with van der Waals surface area (Å²) in [6.45, 7) is 1.66. The van der Waals surface area contributed by atoms with Gasteiger partial charge in [0.2, 0.25) is 12.3 Å². The molecule has 2 N–H and O–H groups in total. The second-order valence-corrected chi connectivity index (χ2v) is 9.74. The lowest BCUT2D eigenvalue weighted by Crippen LogP contribution is -2.48. The van der Waals surface area contributed by atoms with Crippen molar-refractivity contribution in [2.75, 3.05) is 19.7 Å². The van der Waals surface area contributed by atoms with Gasteiger partial charge in [-0.25, -0.2) is 9.37 Å². The monoisotopic (exact) mass is 433 g/mol. The number of thiophene rings is 1.